The van der Waals surface area contributed by atoms with E-state index in [2.05, 4.69) is 5.32 Å². The van der Waals surface area contributed by atoms with E-state index in [0.717, 1.165) is 0 Å². The molecule has 0 saturated carbocycles. The van der Waals surface area contributed by atoms with Crippen molar-refractivity contribution in [1.82, 2.24) is 4.31 Å². The fraction of sp³-hybridized carbons (Fsp3) is 0.381. The Bertz CT molecular complexity index is 1110. The van der Waals surface area contributed by atoms with E-state index in [1.807, 2.05) is 13.8 Å². The standard InChI is InChI=1S/C21H26N2O6S2/c1-16-14-23(15-17(2)29-16)31(27,28)20-10-8-18(9-11-20)22-21(24)12-13-30(25,26)19-6-4-3-5-7-19/h3-11,16-17H,12-15H2,1-2H3,(H,22,24)/t16-,17-/m1/s1. The molecule has 0 aliphatic carbocycles. The molecule has 168 valence electrons. The Morgan fingerprint density at radius 1 is 0.935 bits per heavy atom. The third-order valence-electron chi connectivity index (χ3n) is 4.86. The molecule has 8 nitrogen and oxygen atoms in total. The molecule has 3 rings (SSSR count). The summed E-state index contributed by atoms with van der Waals surface area (Å²) in [6, 6.07) is 13.8. The number of carbonyl (C=O) groups is 1. The lowest BCUT2D eigenvalue weighted by Gasteiger charge is -2.34. The number of morpholine rings is 1. The zero-order chi connectivity index (χ0) is 22.6. The molecule has 0 radical (unpaired) electrons. The maximum absolute atomic E-state index is 12.9. The van der Waals surface area contributed by atoms with Crippen LogP contribution in [-0.2, 0) is 29.4 Å². The number of carbonyl (C=O) groups excluding carboxylic acids is 1. The Hall–Kier alpha value is -2.27. The minimum absolute atomic E-state index is 0.124. The lowest BCUT2D eigenvalue weighted by atomic mass is 10.3. The summed E-state index contributed by atoms with van der Waals surface area (Å²) in [7, 11) is -7.22. The van der Waals surface area contributed by atoms with Gasteiger partial charge in [-0.1, -0.05) is 18.2 Å². The third kappa shape index (κ3) is 5.91. The lowest BCUT2D eigenvalue weighted by Crippen LogP contribution is -2.48. The van der Waals surface area contributed by atoms with Gasteiger partial charge in [0.2, 0.25) is 15.9 Å². The van der Waals surface area contributed by atoms with Gasteiger partial charge in [-0.3, -0.25) is 4.79 Å². The molecule has 1 aliphatic rings. The second kappa shape index (κ2) is 9.47. The maximum Gasteiger partial charge on any atom is 0.243 e. The Kier molecular flexibility index (Phi) is 7.15. The number of amides is 1. The topological polar surface area (TPSA) is 110 Å². The number of benzene rings is 2. The van der Waals surface area contributed by atoms with E-state index < -0.39 is 25.8 Å². The molecule has 1 aliphatic heterocycles. The smallest absolute Gasteiger partial charge is 0.243 e. The zero-order valence-electron chi connectivity index (χ0n) is 17.4. The van der Waals surface area contributed by atoms with E-state index in [1.54, 1.807) is 18.2 Å². The molecule has 1 heterocycles. The number of nitrogens with one attached hydrogen (secondary N) is 1. The van der Waals surface area contributed by atoms with Crippen LogP contribution in [0.1, 0.15) is 20.3 Å². The van der Waals surface area contributed by atoms with Crippen molar-refractivity contribution in [1.29, 1.82) is 0 Å². The van der Waals surface area contributed by atoms with Crippen LogP contribution in [0.15, 0.2) is 64.4 Å². The van der Waals surface area contributed by atoms with Crippen molar-refractivity contribution in [2.45, 2.75) is 42.3 Å². The summed E-state index contributed by atoms with van der Waals surface area (Å²) >= 11 is 0. The van der Waals surface area contributed by atoms with Crippen molar-refractivity contribution >= 4 is 31.5 Å². The number of hydrogen-bond donors (Lipinski definition) is 1. The molecular formula is C21H26N2O6S2. The summed E-state index contributed by atoms with van der Waals surface area (Å²) in [5.41, 5.74) is 0.393. The molecule has 2 atom stereocenters. The molecular weight excluding hydrogens is 440 g/mol. The second-order valence-corrected chi connectivity index (χ2v) is 11.6. The first-order chi connectivity index (χ1) is 14.6. The van der Waals surface area contributed by atoms with Crippen LogP contribution >= 0.6 is 0 Å². The number of anilines is 1. The fourth-order valence-corrected chi connectivity index (χ4v) is 6.23. The lowest BCUT2D eigenvalue weighted by molar-refractivity contribution is -0.115. The van der Waals surface area contributed by atoms with Gasteiger partial charge in [-0.15, -0.1) is 0 Å². The van der Waals surface area contributed by atoms with Crippen molar-refractivity contribution < 1.29 is 26.4 Å². The summed E-state index contributed by atoms with van der Waals surface area (Å²) < 4.78 is 57.3. The van der Waals surface area contributed by atoms with Crippen LogP contribution in [-0.4, -0.2) is 58.1 Å². The summed E-state index contributed by atoms with van der Waals surface area (Å²) in [5.74, 6) is -0.783. The van der Waals surface area contributed by atoms with E-state index in [0.29, 0.717) is 5.69 Å². The first kappa shape index (κ1) is 23.4. The second-order valence-electron chi connectivity index (χ2n) is 7.53. The Balaban J connectivity index is 1.61. The van der Waals surface area contributed by atoms with E-state index in [1.165, 1.54) is 40.7 Å². The fourth-order valence-electron chi connectivity index (χ4n) is 3.38. The summed E-state index contributed by atoms with van der Waals surface area (Å²) in [5, 5.41) is 2.61. The first-order valence-electron chi connectivity index (χ1n) is 9.91. The average Bonchev–Trinajstić information content (AvgIpc) is 2.73. The van der Waals surface area contributed by atoms with Crippen LogP contribution < -0.4 is 5.32 Å². The van der Waals surface area contributed by atoms with Gasteiger partial charge in [0.25, 0.3) is 0 Å². The van der Waals surface area contributed by atoms with Gasteiger partial charge in [-0.05, 0) is 50.2 Å². The summed E-state index contributed by atoms with van der Waals surface area (Å²) in [4.78, 5) is 12.5. The highest BCUT2D eigenvalue weighted by Gasteiger charge is 2.32. The van der Waals surface area contributed by atoms with Gasteiger partial charge in [-0.2, -0.15) is 4.31 Å². The minimum Gasteiger partial charge on any atom is -0.373 e. The number of sulfone groups is 1. The Morgan fingerprint density at radius 3 is 2.10 bits per heavy atom. The molecule has 0 aromatic heterocycles. The average molecular weight is 467 g/mol. The largest absolute Gasteiger partial charge is 0.373 e. The molecule has 2 aromatic carbocycles. The van der Waals surface area contributed by atoms with Crippen molar-refractivity contribution in [3.63, 3.8) is 0 Å². The van der Waals surface area contributed by atoms with Crippen molar-refractivity contribution in [3.8, 4) is 0 Å². The van der Waals surface area contributed by atoms with Crippen molar-refractivity contribution in [2.24, 2.45) is 0 Å². The van der Waals surface area contributed by atoms with Crippen LogP contribution in [0.2, 0.25) is 0 Å². The van der Waals surface area contributed by atoms with Gasteiger partial charge in [-0.25, -0.2) is 16.8 Å². The monoisotopic (exact) mass is 466 g/mol. The molecule has 1 fully saturated rings. The predicted octanol–water partition coefficient (Wildman–Crippen LogP) is 2.29. The van der Waals surface area contributed by atoms with Gasteiger partial charge in [0.1, 0.15) is 0 Å². The van der Waals surface area contributed by atoms with Crippen molar-refractivity contribution in [3.05, 3.63) is 54.6 Å². The number of nitrogens with zero attached hydrogens (tertiary/aromatic N) is 1. The highest BCUT2D eigenvalue weighted by molar-refractivity contribution is 7.91. The molecule has 1 amide bonds. The maximum atomic E-state index is 12.9. The summed E-state index contributed by atoms with van der Waals surface area (Å²) in [6.45, 7) is 4.21. The molecule has 2 aromatic rings. The highest BCUT2D eigenvalue weighted by atomic mass is 32.2. The molecule has 10 heteroatoms. The van der Waals surface area contributed by atoms with Crippen LogP contribution in [0.3, 0.4) is 0 Å². The van der Waals surface area contributed by atoms with Crippen LogP contribution in [0.25, 0.3) is 0 Å². The SMILES string of the molecule is C[C@@H]1CN(S(=O)(=O)c2ccc(NC(=O)CCS(=O)(=O)c3ccccc3)cc2)C[C@@H](C)O1. The zero-order valence-corrected chi connectivity index (χ0v) is 19.0. The van der Waals surface area contributed by atoms with Gasteiger partial charge in [0, 0.05) is 25.2 Å². The van der Waals surface area contributed by atoms with Gasteiger partial charge >= 0.3 is 0 Å². The normalized spacial score (nSPS) is 20.3. The van der Waals surface area contributed by atoms with Crippen LogP contribution in [0.5, 0.6) is 0 Å². The molecule has 1 saturated heterocycles. The third-order valence-corrected chi connectivity index (χ3v) is 8.44. The van der Waals surface area contributed by atoms with Gasteiger partial charge in [0.05, 0.1) is 27.8 Å². The Labute approximate surface area is 183 Å². The van der Waals surface area contributed by atoms with E-state index in [9.17, 15) is 21.6 Å². The number of hydrogen-bond acceptors (Lipinski definition) is 6. The molecule has 31 heavy (non-hydrogen) atoms. The van der Waals surface area contributed by atoms with E-state index in [-0.39, 0.29) is 47.3 Å². The quantitative estimate of drug-likeness (QED) is 0.670. The number of rotatable bonds is 7. The van der Waals surface area contributed by atoms with Crippen LogP contribution in [0.4, 0.5) is 5.69 Å². The number of sulfonamides is 1. The molecule has 0 unspecified atom stereocenters. The van der Waals surface area contributed by atoms with Crippen molar-refractivity contribution in [2.75, 3.05) is 24.2 Å². The van der Waals surface area contributed by atoms with Gasteiger partial charge in [0.15, 0.2) is 9.84 Å². The molecule has 0 spiro atoms. The summed E-state index contributed by atoms with van der Waals surface area (Å²) in [6.07, 6.45) is -0.589. The van der Waals surface area contributed by atoms with Gasteiger partial charge < -0.3 is 10.1 Å². The molecule has 0 bridgehead atoms. The minimum atomic E-state index is -3.67. The van der Waals surface area contributed by atoms with Crippen LogP contribution in [0, 0.1) is 0 Å². The highest BCUT2D eigenvalue weighted by Crippen LogP contribution is 2.22. The predicted molar refractivity (Wildman–Crippen MR) is 117 cm³/mol. The molecule has 1 N–H and O–H groups in total. The number of ether oxygens (including phenoxy) is 1. The Morgan fingerprint density at radius 2 is 1.52 bits per heavy atom. The van der Waals surface area contributed by atoms with E-state index >= 15 is 0 Å². The van der Waals surface area contributed by atoms with E-state index in [4.69, 9.17) is 4.74 Å². The first-order valence-corrected chi connectivity index (χ1v) is 13.0.